The molecule has 21 heavy (non-hydrogen) atoms. The zero-order valence-electron chi connectivity index (χ0n) is 10.6. The molecule has 0 aliphatic carbocycles. The van der Waals surface area contributed by atoms with Gasteiger partial charge in [0.15, 0.2) is 0 Å². The summed E-state index contributed by atoms with van der Waals surface area (Å²) in [7, 11) is 0. The fraction of sp³-hybridized carbons (Fsp3) is 0.143. The summed E-state index contributed by atoms with van der Waals surface area (Å²) in [6.45, 7) is 0.0196. The van der Waals surface area contributed by atoms with Crippen LogP contribution < -0.4 is 5.32 Å². The number of rotatable bonds is 2. The van der Waals surface area contributed by atoms with E-state index in [1.165, 1.54) is 12.5 Å². The van der Waals surface area contributed by atoms with E-state index >= 15 is 0 Å². The summed E-state index contributed by atoms with van der Waals surface area (Å²) in [4.78, 5) is 12.2. The lowest BCUT2D eigenvalue weighted by Crippen LogP contribution is -2.20. The number of ketones is 1. The van der Waals surface area contributed by atoms with E-state index in [4.69, 9.17) is 10.00 Å². The molecule has 1 aliphatic rings. The molecule has 0 bridgehead atoms. The van der Waals surface area contributed by atoms with Crippen molar-refractivity contribution in [3.8, 4) is 6.07 Å². The lowest BCUT2D eigenvalue weighted by atomic mass is 10.0. The minimum Gasteiger partial charge on any atom is -0.493 e. The molecule has 1 aliphatic heterocycles. The highest BCUT2D eigenvalue weighted by molar-refractivity contribution is 6.11. The van der Waals surface area contributed by atoms with Crippen molar-refractivity contribution in [1.29, 1.82) is 5.26 Å². The van der Waals surface area contributed by atoms with Crippen LogP contribution in [0.5, 0.6) is 0 Å². The molecule has 7 heteroatoms. The SMILES string of the molecule is N#CC(C(=O)c1ccc(C(F)(F)F)cc1)=C1COC=CN1. The lowest BCUT2D eigenvalue weighted by Gasteiger charge is -2.14. The number of nitrogens with zero attached hydrogens (tertiary/aromatic N) is 1. The Labute approximate surface area is 118 Å². The predicted molar refractivity (Wildman–Crippen MR) is 66.6 cm³/mol. The molecule has 0 atom stereocenters. The van der Waals surface area contributed by atoms with Gasteiger partial charge in [-0.2, -0.15) is 18.4 Å². The molecule has 108 valence electrons. The predicted octanol–water partition coefficient (Wildman–Crippen LogP) is 2.76. The van der Waals surface area contributed by atoms with Crippen LogP contribution in [0.1, 0.15) is 15.9 Å². The highest BCUT2D eigenvalue weighted by atomic mass is 19.4. The van der Waals surface area contributed by atoms with Gasteiger partial charge in [0.1, 0.15) is 18.2 Å². The van der Waals surface area contributed by atoms with Crippen LogP contribution in [-0.2, 0) is 10.9 Å². The standard InChI is InChI=1S/C14H9F3N2O2/c15-14(16,17)10-3-1-9(2-4-10)13(20)11(7-18)12-8-21-6-5-19-12/h1-6,19H,8H2. The van der Waals surface area contributed by atoms with Crippen molar-refractivity contribution in [2.24, 2.45) is 0 Å². The Morgan fingerprint density at radius 2 is 1.95 bits per heavy atom. The normalized spacial score (nSPS) is 16.5. The number of halogens is 3. The Bertz CT molecular complexity index is 652. The first-order valence-corrected chi connectivity index (χ1v) is 5.82. The maximum Gasteiger partial charge on any atom is 0.416 e. The minimum atomic E-state index is -4.47. The maximum absolute atomic E-state index is 12.5. The van der Waals surface area contributed by atoms with E-state index in [-0.39, 0.29) is 23.4 Å². The number of nitriles is 1. The molecule has 2 rings (SSSR count). The Hall–Kier alpha value is -2.75. The summed E-state index contributed by atoms with van der Waals surface area (Å²) in [5, 5.41) is 11.8. The molecule has 1 heterocycles. The van der Waals surface area contributed by atoms with Crippen LogP contribution in [0.3, 0.4) is 0 Å². The average Bonchev–Trinajstić information content (AvgIpc) is 2.48. The van der Waals surface area contributed by atoms with E-state index in [2.05, 4.69) is 5.32 Å². The average molecular weight is 294 g/mol. The van der Waals surface area contributed by atoms with E-state index in [9.17, 15) is 18.0 Å². The van der Waals surface area contributed by atoms with Crippen LogP contribution >= 0.6 is 0 Å². The summed E-state index contributed by atoms with van der Waals surface area (Å²) < 4.78 is 42.3. The molecule has 1 aromatic carbocycles. The molecule has 0 radical (unpaired) electrons. The van der Waals surface area contributed by atoms with Gasteiger partial charge in [-0.25, -0.2) is 0 Å². The van der Waals surface area contributed by atoms with Crippen molar-refractivity contribution in [2.45, 2.75) is 6.18 Å². The first-order valence-electron chi connectivity index (χ1n) is 5.82. The molecule has 1 aromatic rings. The van der Waals surface area contributed by atoms with Gasteiger partial charge in [0.25, 0.3) is 0 Å². The van der Waals surface area contributed by atoms with Crippen LogP contribution in [0.4, 0.5) is 13.2 Å². The quantitative estimate of drug-likeness (QED) is 0.517. The van der Waals surface area contributed by atoms with Gasteiger partial charge in [0, 0.05) is 11.8 Å². The van der Waals surface area contributed by atoms with Crippen molar-refractivity contribution in [1.82, 2.24) is 5.32 Å². The van der Waals surface area contributed by atoms with Crippen molar-refractivity contribution in [2.75, 3.05) is 6.61 Å². The molecule has 0 spiro atoms. The second-order valence-electron chi connectivity index (χ2n) is 4.13. The molecule has 1 N–H and O–H groups in total. The fourth-order valence-electron chi connectivity index (χ4n) is 1.71. The lowest BCUT2D eigenvalue weighted by molar-refractivity contribution is -0.137. The summed E-state index contributed by atoms with van der Waals surface area (Å²) in [5.41, 5.74) is -0.778. The second kappa shape index (κ2) is 5.71. The van der Waals surface area contributed by atoms with Crippen molar-refractivity contribution in [3.63, 3.8) is 0 Å². The van der Waals surface area contributed by atoms with Crippen LogP contribution in [-0.4, -0.2) is 12.4 Å². The number of carbonyl (C=O) groups is 1. The zero-order valence-corrected chi connectivity index (χ0v) is 10.6. The first-order chi connectivity index (χ1) is 9.93. The van der Waals surface area contributed by atoms with Gasteiger partial charge in [0.2, 0.25) is 5.78 Å². The molecule has 0 unspecified atom stereocenters. The van der Waals surface area contributed by atoms with E-state index in [1.54, 1.807) is 6.07 Å². The minimum absolute atomic E-state index is 0.00315. The monoisotopic (exact) mass is 294 g/mol. The van der Waals surface area contributed by atoms with E-state index in [0.717, 1.165) is 24.3 Å². The van der Waals surface area contributed by atoms with Crippen molar-refractivity contribution in [3.05, 3.63) is 59.1 Å². The maximum atomic E-state index is 12.5. The van der Waals surface area contributed by atoms with E-state index in [1.807, 2.05) is 0 Å². The van der Waals surface area contributed by atoms with E-state index < -0.39 is 17.5 Å². The highest BCUT2D eigenvalue weighted by Gasteiger charge is 2.30. The van der Waals surface area contributed by atoms with Crippen LogP contribution in [0, 0.1) is 11.3 Å². The van der Waals surface area contributed by atoms with Gasteiger partial charge in [-0.15, -0.1) is 0 Å². The number of ether oxygens (including phenoxy) is 1. The number of nitrogens with one attached hydrogen (secondary N) is 1. The third-order valence-electron chi connectivity index (χ3n) is 2.76. The number of alkyl halides is 3. The number of hydrogen-bond acceptors (Lipinski definition) is 4. The summed E-state index contributed by atoms with van der Waals surface area (Å²) in [6.07, 6.45) is -1.70. The van der Waals surface area contributed by atoms with Gasteiger partial charge < -0.3 is 10.1 Å². The molecule has 0 amide bonds. The smallest absolute Gasteiger partial charge is 0.416 e. The second-order valence-corrected chi connectivity index (χ2v) is 4.13. The summed E-state index contributed by atoms with van der Waals surface area (Å²) >= 11 is 0. The summed E-state index contributed by atoms with van der Waals surface area (Å²) in [6, 6.07) is 5.44. The first kappa shape index (κ1) is 14.7. The Kier molecular flexibility index (Phi) is 3.98. The molecule has 4 nitrogen and oxygen atoms in total. The number of benzene rings is 1. The van der Waals surface area contributed by atoms with Crippen LogP contribution in [0.2, 0.25) is 0 Å². The third-order valence-corrected chi connectivity index (χ3v) is 2.76. The Morgan fingerprint density at radius 3 is 2.43 bits per heavy atom. The van der Waals surface area contributed by atoms with Gasteiger partial charge in [-0.1, -0.05) is 12.1 Å². The third kappa shape index (κ3) is 3.23. The fourth-order valence-corrected chi connectivity index (χ4v) is 1.71. The van der Waals surface area contributed by atoms with Crippen molar-refractivity contribution >= 4 is 5.78 Å². The van der Waals surface area contributed by atoms with Gasteiger partial charge in [-0.05, 0) is 12.1 Å². The molecule has 0 saturated carbocycles. The highest BCUT2D eigenvalue weighted by Crippen LogP contribution is 2.29. The van der Waals surface area contributed by atoms with Gasteiger partial charge >= 0.3 is 6.18 Å². The van der Waals surface area contributed by atoms with E-state index in [0.29, 0.717) is 0 Å². The number of Topliss-reactive ketones (excluding diaryl/α,β-unsaturated/α-hetero) is 1. The number of hydrogen-bond donors (Lipinski definition) is 1. The van der Waals surface area contributed by atoms with Crippen LogP contribution in [0.25, 0.3) is 0 Å². The molecule has 0 aromatic heterocycles. The molecule has 0 saturated heterocycles. The number of allylic oxidation sites excluding steroid dienone is 1. The van der Waals surface area contributed by atoms with Crippen molar-refractivity contribution < 1.29 is 22.7 Å². The molecular weight excluding hydrogens is 285 g/mol. The topological polar surface area (TPSA) is 62.1 Å². The summed E-state index contributed by atoms with van der Waals surface area (Å²) in [5.74, 6) is -0.660. The zero-order chi connectivity index (χ0) is 15.5. The van der Waals surface area contributed by atoms with Gasteiger partial charge in [-0.3, -0.25) is 4.79 Å². The van der Waals surface area contributed by atoms with Crippen LogP contribution in [0.15, 0.2) is 48.0 Å². The largest absolute Gasteiger partial charge is 0.493 e. The molecular formula is C14H9F3N2O2. The Balaban J connectivity index is 2.31. The molecule has 0 fully saturated rings. The Morgan fingerprint density at radius 1 is 1.29 bits per heavy atom. The number of carbonyl (C=O) groups excluding carboxylic acids is 1. The van der Waals surface area contributed by atoms with Gasteiger partial charge in [0.05, 0.1) is 17.5 Å².